The van der Waals surface area contributed by atoms with Gasteiger partial charge in [-0.1, -0.05) is 17.3 Å². The molecular formula is C17H21FN4O2. The summed E-state index contributed by atoms with van der Waals surface area (Å²) in [5, 5.41) is 6.78. The quantitative estimate of drug-likeness (QED) is 0.777. The third-order valence-corrected chi connectivity index (χ3v) is 4.16. The Labute approximate surface area is 139 Å². The molecule has 0 saturated carbocycles. The van der Waals surface area contributed by atoms with Gasteiger partial charge in [0.2, 0.25) is 5.91 Å². The van der Waals surface area contributed by atoms with Crippen molar-refractivity contribution in [3.8, 4) is 0 Å². The van der Waals surface area contributed by atoms with Crippen molar-refractivity contribution in [1.29, 1.82) is 0 Å². The predicted molar refractivity (Wildman–Crippen MR) is 86.5 cm³/mol. The standard InChI is InChI=1S/C17H21FN4O2/c1-10-7-12(3-4-14(10)18)15-9-16(21-20-15)17(23)19-6-5-13-8-11(2)24-22-13/h3-4,7-8,15-16,20-21H,5-6,9H2,1-2H3,(H,19,23). The van der Waals surface area contributed by atoms with Crippen LogP contribution in [-0.2, 0) is 11.2 Å². The van der Waals surface area contributed by atoms with Crippen LogP contribution >= 0.6 is 0 Å². The lowest BCUT2D eigenvalue weighted by atomic mass is 10.00. The second-order valence-corrected chi connectivity index (χ2v) is 6.11. The molecular weight excluding hydrogens is 311 g/mol. The first-order valence-corrected chi connectivity index (χ1v) is 8.00. The third-order valence-electron chi connectivity index (χ3n) is 4.16. The van der Waals surface area contributed by atoms with E-state index < -0.39 is 0 Å². The van der Waals surface area contributed by atoms with Crippen LogP contribution in [0.3, 0.4) is 0 Å². The summed E-state index contributed by atoms with van der Waals surface area (Å²) in [6, 6.07) is 6.53. The Hall–Kier alpha value is -2.25. The normalized spacial score (nSPS) is 20.3. The smallest absolute Gasteiger partial charge is 0.238 e. The van der Waals surface area contributed by atoms with Gasteiger partial charge >= 0.3 is 0 Å². The van der Waals surface area contributed by atoms with Crippen LogP contribution in [0.4, 0.5) is 4.39 Å². The van der Waals surface area contributed by atoms with Gasteiger partial charge in [-0.15, -0.1) is 0 Å². The number of nitrogens with zero attached hydrogens (tertiary/aromatic N) is 1. The van der Waals surface area contributed by atoms with Crippen LogP contribution in [0.2, 0.25) is 0 Å². The molecule has 0 radical (unpaired) electrons. The predicted octanol–water partition coefficient (Wildman–Crippen LogP) is 1.70. The van der Waals surface area contributed by atoms with Crippen molar-refractivity contribution in [3.05, 3.63) is 52.7 Å². The third kappa shape index (κ3) is 3.80. The highest BCUT2D eigenvalue weighted by Gasteiger charge is 2.30. The number of carbonyl (C=O) groups is 1. The molecule has 1 fully saturated rings. The number of amides is 1. The summed E-state index contributed by atoms with van der Waals surface area (Å²) in [5.74, 6) is 0.474. The number of rotatable bonds is 5. The highest BCUT2D eigenvalue weighted by Crippen LogP contribution is 2.24. The highest BCUT2D eigenvalue weighted by atomic mass is 19.1. The van der Waals surface area contributed by atoms with Crippen molar-refractivity contribution in [1.82, 2.24) is 21.3 Å². The van der Waals surface area contributed by atoms with E-state index in [1.165, 1.54) is 6.07 Å². The van der Waals surface area contributed by atoms with Crippen LogP contribution in [0, 0.1) is 19.7 Å². The van der Waals surface area contributed by atoms with E-state index in [1.54, 1.807) is 13.0 Å². The molecule has 1 aliphatic heterocycles. The fourth-order valence-corrected chi connectivity index (χ4v) is 2.80. The van der Waals surface area contributed by atoms with Crippen molar-refractivity contribution in [3.63, 3.8) is 0 Å². The van der Waals surface area contributed by atoms with Crippen molar-refractivity contribution >= 4 is 5.91 Å². The minimum absolute atomic E-state index is 0.0155. The van der Waals surface area contributed by atoms with E-state index in [0.29, 0.717) is 24.9 Å². The molecule has 1 saturated heterocycles. The Morgan fingerprint density at radius 2 is 2.21 bits per heavy atom. The van der Waals surface area contributed by atoms with Crippen LogP contribution < -0.4 is 16.2 Å². The molecule has 0 spiro atoms. The van der Waals surface area contributed by atoms with E-state index in [-0.39, 0.29) is 23.8 Å². The zero-order chi connectivity index (χ0) is 17.1. The second-order valence-electron chi connectivity index (χ2n) is 6.11. The van der Waals surface area contributed by atoms with Crippen LogP contribution in [-0.4, -0.2) is 23.7 Å². The van der Waals surface area contributed by atoms with Gasteiger partial charge in [0.05, 0.1) is 5.69 Å². The first-order chi connectivity index (χ1) is 11.5. The maximum atomic E-state index is 13.4. The number of carbonyl (C=O) groups excluding carboxylic acids is 1. The lowest BCUT2D eigenvalue weighted by molar-refractivity contribution is -0.122. The van der Waals surface area contributed by atoms with Crippen LogP contribution in [0.25, 0.3) is 0 Å². The molecule has 3 rings (SSSR count). The summed E-state index contributed by atoms with van der Waals surface area (Å²) in [7, 11) is 0. The Kier molecular flexibility index (Phi) is 4.92. The number of nitrogens with one attached hydrogen (secondary N) is 3. The van der Waals surface area contributed by atoms with E-state index in [1.807, 2.05) is 19.1 Å². The number of aryl methyl sites for hydroxylation is 2. The summed E-state index contributed by atoms with van der Waals surface area (Å²) < 4.78 is 18.4. The van der Waals surface area contributed by atoms with Crippen molar-refractivity contribution < 1.29 is 13.7 Å². The van der Waals surface area contributed by atoms with Crippen LogP contribution in [0.1, 0.15) is 35.0 Å². The lowest BCUT2D eigenvalue weighted by Gasteiger charge is -2.11. The van der Waals surface area contributed by atoms with Gasteiger partial charge in [-0.05, 0) is 37.5 Å². The van der Waals surface area contributed by atoms with Gasteiger partial charge < -0.3 is 9.84 Å². The van der Waals surface area contributed by atoms with Gasteiger partial charge in [0.1, 0.15) is 17.6 Å². The van der Waals surface area contributed by atoms with Gasteiger partial charge in [-0.2, -0.15) is 0 Å². The molecule has 1 aromatic heterocycles. The molecule has 24 heavy (non-hydrogen) atoms. The van der Waals surface area contributed by atoms with E-state index in [2.05, 4.69) is 21.3 Å². The Morgan fingerprint density at radius 3 is 2.92 bits per heavy atom. The zero-order valence-corrected chi connectivity index (χ0v) is 13.7. The molecule has 2 heterocycles. The number of hydrogen-bond acceptors (Lipinski definition) is 5. The number of halogens is 1. The molecule has 128 valence electrons. The molecule has 3 N–H and O–H groups in total. The maximum Gasteiger partial charge on any atom is 0.238 e. The topological polar surface area (TPSA) is 79.2 Å². The van der Waals surface area contributed by atoms with Crippen LogP contribution in [0.15, 0.2) is 28.8 Å². The first-order valence-electron chi connectivity index (χ1n) is 8.00. The Balaban J connectivity index is 1.49. The fourth-order valence-electron chi connectivity index (χ4n) is 2.80. The summed E-state index contributed by atoms with van der Waals surface area (Å²) in [6.45, 7) is 4.07. The van der Waals surface area contributed by atoms with Crippen molar-refractivity contribution in [2.24, 2.45) is 0 Å². The summed E-state index contributed by atoms with van der Waals surface area (Å²) in [6.07, 6.45) is 1.24. The number of aromatic nitrogens is 1. The van der Waals surface area contributed by atoms with E-state index in [0.717, 1.165) is 17.0 Å². The number of benzene rings is 1. The average molecular weight is 332 g/mol. The molecule has 2 aromatic rings. The van der Waals surface area contributed by atoms with Gasteiger partial charge in [0.25, 0.3) is 0 Å². The number of hydrogen-bond donors (Lipinski definition) is 3. The first kappa shape index (κ1) is 16.6. The molecule has 0 aliphatic carbocycles. The Bertz CT molecular complexity index is 731. The summed E-state index contributed by atoms with van der Waals surface area (Å²) >= 11 is 0. The van der Waals surface area contributed by atoms with Gasteiger partial charge in [-0.3, -0.25) is 4.79 Å². The van der Waals surface area contributed by atoms with Crippen molar-refractivity contribution in [2.45, 2.75) is 38.8 Å². The minimum Gasteiger partial charge on any atom is -0.361 e. The van der Waals surface area contributed by atoms with Gasteiger partial charge in [-0.25, -0.2) is 15.2 Å². The van der Waals surface area contributed by atoms with E-state index >= 15 is 0 Å². The number of hydrazine groups is 1. The fraction of sp³-hybridized carbons (Fsp3) is 0.412. The minimum atomic E-state index is -0.320. The summed E-state index contributed by atoms with van der Waals surface area (Å²) in [4.78, 5) is 12.2. The lowest BCUT2D eigenvalue weighted by Crippen LogP contribution is -2.43. The molecule has 1 amide bonds. The molecule has 2 atom stereocenters. The molecule has 6 nitrogen and oxygen atoms in total. The largest absolute Gasteiger partial charge is 0.361 e. The molecule has 1 aliphatic rings. The van der Waals surface area contributed by atoms with E-state index in [4.69, 9.17) is 4.52 Å². The van der Waals surface area contributed by atoms with Gasteiger partial charge in [0, 0.05) is 25.1 Å². The van der Waals surface area contributed by atoms with Crippen molar-refractivity contribution in [2.75, 3.05) is 6.54 Å². The summed E-state index contributed by atoms with van der Waals surface area (Å²) in [5.41, 5.74) is 8.50. The maximum absolute atomic E-state index is 13.4. The van der Waals surface area contributed by atoms with Crippen LogP contribution in [0.5, 0.6) is 0 Å². The molecule has 1 aromatic carbocycles. The SMILES string of the molecule is Cc1cc(CCNC(=O)C2CC(c3ccc(F)c(C)c3)NN2)no1. The molecule has 2 unspecified atom stereocenters. The monoisotopic (exact) mass is 332 g/mol. The Morgan fingerprint density at radius 1 is 1.38 bits per heavy atom. The average Bonchev–Trinajstić information content (AvgIpc) is 3.19. The molecule has 7 heteroatoms. The second kappa shape index (κ2) is 7.11. The zero-order valence-electron chi connectivity index (χ0n) is 13.7. The molecule has 0 bridgehead atoms. The van der Waals surface area contributed by atoms with Gasteiger partial charge in [0.15, 0.2) is 0 Å². The highest BCUT2D eigenvalue weighted by molar-refractivity contribution is 5.82. The van der Waals surface area contributed by atoms with E-state index in [9.17, 15) is 9.18 Å².